The maximum atomic E-state index is 14.2. The summed E-state index contributed by atoms with van der Waals surface area (Å²) in [4.78, 5) is 28.0. The van der Waals surface area contributed by atoms with Gasteiger partial charge in [-0.25, -0.2) is 4.39 Å². The Kier molecular flexibility index (Phi) is 6.05. The zero-order valence-electron chi connectivity index (χ0n) is 18.1. The van der Waals surface area contributed by atoms with Crippen LogP contribution in [0.5, 0.6) is 5.75 Å². The average molecular weight is 514 g/mol. The first-order valence-electron chi connectivity index (χ1n) is 10.3. The number of nitrogens with zero attached hydrogens (tertiary/aromatic N) is 4. The van der Waals surface area contributed by atoms with Gasteiger partial charge in [-0.1, -0.05) is 16.8 Å². The molecule has 0 aliphatic carbocycles. The van der Waals surface area contributed by atoms with E-state index in [4.69, 9.17) is 16.3 Å². The second-order valence-corrected chi connectivity index (χ2v) is 9.20. The standard InChI is InChI=1S/C22H17ClFN7O3S/c1-25-15-9-16-13(8-14(15)24)22(33)31(10-34-16)12-4-2-11(3-5-12)21(32)26-19(20-27-29-30-28-20)17-6-7-18(23)35-17/h2-9,19,25H,10H2,1H3,(H,26,32)(H,27,28,29,30). The Morgan fingerprint density at radius 1 is 1.26 bits per heavy atom. The van der Waals surface area contributed by atoms with Crippen LogP contribution < -0.4 is 20.3 Å². The van der Waals surface area contributed by atoms with Gasteiger partial charge in [0.25, 0.3) is 11.8 Å². The second kappa shape index (κ2) is 9.31. The quantitative estimate of drug-likeness (QED) is 0.359. The van der Waals surface area contributed by atoms with Crippen molar-refractivity contribution in [2.75, 3.05) is 24.0 Å². The van der Waals surface area contributed by atoms with Gasteiger partial charge < -0.3 is 15.4 Å². The number of tetrazole rings is 1. The molecule has 2 amide bonds. The van der Waals surface area contributed by atoms with Crippen LogP contribution in [0.15, 0.2) is 48.5 Å². The lowest BCUT2D eigenvalue weighted by atomic mass is 10.1. The van der Waals surface area contributed by atoms with Crippen LogP contribution in [0, 0.1) is 5.82 Å². The first kappa shape index (κ1) is 22.7. The SMILES string of the molecule is CNc1cc2c(cc1F)C(=O)N(c1ccc(C(=O)NC(c3nn[nH]n3)c3ccc(Cl)s3)cc1)CO2. The lowest BCUT2D eigenvalue weighted by Crippen LogP contribution is -2.38. The van der Waals surface area contributed by atoms with Crippen LogP contribution in [-0.4, -0.2) is 46.2 Å². The largest absolute Gasteiger partial charge is 0.472 e. The van der Waals surface area contributed by atoms with Crippen LogP contribution in [0.25, 0.3) is 0 Å². The molecule has 5 rings (SSSR count). The van der Waals surface area contributed by atoms with Crippen molar-refractivity contribution in [3.63, 3.8) is 0 Å². The van der Waals surface area contributed by atoms with Gasteiger partial charge in [0.2, 0.25) is 5.82 Å². The van der Waals surface area contributed by atoms with Crippen LogP contribution in [0.3, 0.4) is 0 Å². The van der Waals surface area contributed by atoms with Gasteiger partial charge in [-0.2, -0.15) is 5.21 Å². The van der Waals surface area contributed by atoms with Crippen molar-refractivity contribution in [1.29, 1.82) is 0 Å². The highest BCUT2D eigenvalue weighted by Crippen LogP contribution is 2.33. The molecule has 2 aromatic heterocycles. The fraction of sp³-hybridized carbons (Fsp3) is 0.136. The van der Waals surface area contributed by atoms with Crippen molar-refractivity contribution < 1.29 is 18.7 Å². The summed E-state index contributed by atoms with van der Waals surface area (Å²) in [7, 11) is 1.58. The molecule has 0 saturated heterocycles. The molecule has 1 aliphatic rings. The Morgan fingerprint density at radius 2 is 2.06 bits per heavy atom. The minimum atomic E-state index is -0.649. The van der Waals surface area contributed by atoms with E-state index < -0.39 is 17.8 Å². The van der Waals surface area contributed by atoms with Crippen molar-refractivity contribution in [1.82, 2.24) is 25.9 Å². The lowest BCUT2D eigenvalue weighted by Gasteiger charge is -2.29. The Bertz CT molecular complexity index is 1390. The van der Waals surface area contributed by atoms with Crippen LogP contribution in [0.2, 0.25) is 4.34 Å². The molecule has 0 fully saturated rings. The van der Waals surface area contributed by atoms with E-state index in [-0.39, 0.29) is 29.7 Å². The van der Waals surface area contributed by atoms with E-state index in [1.54, 1.807) is 43.4 Å². The van der Waals surface area contributed by atoms with Gasteiger partial charge in [0.1, 0.15) is 17.6 Å². The van der Waals surface area contributed by atoms with Crippen LogP contribution in [-0.2, 0) is 0 Å². The maximum absolute atomic E-state index is 14.2. The molecule has 1 atom stereocenters. The number of halogens is 2. The van der Waals surface area contributed by atoms with Crippen LogP contribution in [0.1, 0.15) is 37.5 Å². The molecule has 0 bridgehead atoms. The van der Waals surface area contributed by atoms with Gasteiger partial charge in [-0.15, -0.1) is 21.5 Å². The van der Waals surface area contributed by atoms with Crippen molar-refractivity contribution in [2.45, 2.75) is 6.04 Å². The number of aromatic amines is 1. The number of rotatable bonds is 6. The van der Waals surface area contributed by atoms with Crippen molar-refractivity contribution in [3.05, 3.63) is 80.5 Å². The molecule has 3 N–H and O–H groups in total. The highest BCUT2D eigenvalue weighted by molar-refractivity contribution is 7.16. The normalized spacial score (nSPS) is 13.7. The molecule has 178 valence electrons. The molecular weight excluding hydrogens is 497 g/mol. The van der Waals surface area contributed by atoms with E-state index in [0.29, 0.717) is 21.3 Å². The number of hydrogen-bond donors (Lipinski definition) is 3. The first-order valence-corrected chi connectivity index (χ1v) is 11.5. The highest BCUT2D eigenvalue weighted by Gasteiger charge is 2.29. The third-order valence-corrected chi connectivity index (χ3v) is 6.67. The summed E-state index contributed by atoms with van der Waals surface area (Å²) in [5.41, 5.74) is 1.20. The monoisotopic (exact) mass is 513 g/mol. The first-order chi connectivity index (χ1) is 16.9. The molecule has 4 aromatic rings. The maximum Gasteiger partial charge on any atom is 0.264 e. The number of benzene rings is 2. The molecule has 3 heterocycles. The number of thiophene rings is 1. The fourth-order valence-electron chi connectivity index (χ4n) is 3.61. The van der Waals surface area contributed by atoms with Crippen molar-refractivity contribution in [3.8, 4) is 5.75 Å². The van der Waals surface area contributed by atoms with E-state index in [9.17, 15) is 14.0 Å². The molecule has 0 radical (unpaired) electrons. The van der Waals surface area contributed by atoms with E-state index in [0.717, 1.165) is 10.9 Å². The highest BCUT2D eigenvalue weighted by atomic mass is 35.5. The summed E-state index contributed by atoms with van der Waals surface area (Å²) < 4.78 is 20.4. The number of anilines is 2. The Morgan fingerprint density at radius 3 is 2.71 bits per heavy atom. The third kappa shape index (κ3) is 4.40. The summed E-state index contributed by atoms with van der Waals surface area (Å²) >= 11 is 7.34. The van der Waals surface area contributed by atoms with Crippen LogP contribution in [0.4, 0.5) is 15.8 Å². The van der Waals surface area contributed by atoms with Crippen molar-refractivity contribution in [2.24, 2.45) is 0 Å². The minimum Gasteiger partial charge on any atom is -0.472 e. The number of hydrogen-bond acceptors (Lipinski definition) is 8. The number of fused-ring (bicyclic) bond motifs is 1. The van der Waals surface area contributed by atoms with Gasteiger partial charge in [0.15, 0.2) is 6.73 Å². The van der Waals surface area contributed by atoms with E-state index >= 15 is 0 Å². The number of carbonyl (C=O) groups is 2. The van der Waals surface area contributed by atoms with Gasteiger partial charge >= 0.3 is 0 Å². The summed E-state index contributed by atoms with van der Waals surface area (Å²) in [6.45, 7) is -0.0504. The average Bonchev–Trinajstić information content (AvgIpc) is 3.55. The van der Waals surface area contributed by atoms with E-state index in [1.165, 1.54) is 22.3 Å². The van der Waals surface area contributed by atoms with Gasteiger partial charge in [-0.05, 0) is 42.5 Å². The second-order valence-electron chi connectivity index (χ2n) is 7.45. The number of nitrogens with one attached hydrogen (secondary N) is 3. The smallest absolute Gasteiger partial charge is 0.264 e. The van der Waals surface area contributed by atoms with E-state index in [2.05, 4.69) is 31.3 Å². The van der Waals surface area contributed by atoms with Gasteiger partial charge in [0, 0.05) is 29.2 Å². The molecule has 1 aliphatic heterocycles. The summed E-state index contributed by atoms with van der Waals surface area (Å²) in [5, 5.41) is 19.5. The zero-order chi connectivity index (χ0) is 24.5. The predicted molar refractivity (Wildman–Crippen MR) is 128 cm³/mol. The number of aromatic nitrogens is 4. The Balaban J connectivity index is 1.34. The van der Waals surface area contributed by atoms with Gasteiger partial charge in [0.05, 0.1) is 15.6 Å². The van der Waals surface area contributed by atoms with Gasteiger partial charge in [-0.3, -0.25) is 14.5 Å². The molecular formula is C22H17ClFN7O3S. The minimum absolute atomic E-state index is 0.0504. The van der Waals surface area contributed by atoms with Crippen LogP contribution >= 0.6 is 22.9 Å². The number of ether oxygens (including phenoxy) is 1. The molecule has 1 unspecified atom stereocenters. The number of H-pyrrole nitrogens is 1. The molecule has 0 spiro atoms. The molecule has 10 nitrogen and oxygen atoms in total. The predicted octanol–water partition coefficient (Wildman–Crippen LogP) is 3.61. The molecule has 35 heavy (non-hydrogen) atoms. The summed E-state index contributed by atoms with van der Waals surface area (Å²) in [5.74, 6) is -0.757. The molecule has 13 heteroatoms. The third-order valence-electron chi connectivity index (χ3n) is 5.38. The number of carbonyl (C=O) groups excluding carboxylic acids is 2. The zero-order valence-corrected chi connectivity index (χ0v) is 19.7. The Hall–Kier alpha value is -4.03. The molecule has 2 aromatic carbocycles. The topological polar surface area (TPSA) is 125 Å². The summed E-state index contributed by atoms with van der Waals surface area (Å²) in [6, 6.07) is 11.8. The molecule has 0 saturated carbocycles. The Labute approximate surface area is 207 Å². The fourth-order valence-corrected chi connectivity index (χ4v) is 4.72. The van der Waals surface area contributed by atoms with E-state index in [1.807, 2.05) is 0 Å². The lowest BCUT2D eigenvalue weighted by molar-refractivity contribution is 0.0932. The number of amides is 2. The summed E-state index contributed by atoms with van der Waals surface area (Å²) in [6.07, 6.45) is 0. The van der Waals surface area contributed by atoms with Crippen molar-refractivity contribution >= 4 is 46.1 Å².